The lowest BCUT2D eigenvalue weighted by molar-refractivity contribution is 0.102. The molecule has 24 heavy (non-hydrogen) atoms. The van der Waals surface area contributed by atoms with Crippen LogP contribution in [0.25, 0.3) is 0 Å². The number of nitrogens with one attached hydrogen (secondary N) is 1. The Hall–Kier alpha value is -2.45. The molecule has 0 aliphatic rings. The highest BCUT2D eigenvalue weighted by molar-refractivity contribution is 7.99. The molecule has 1 unspecified atom stereocenters. The lowest BCUT2D eigenvalue weighted by atomic mass is 10.1. The van der Waals surface area contributed by atoms with Crippen LogP contribution in [0.4, 0.5) is 11.4 Å². The number of thioether (sulfide) groups is 1. The third-order valence-corrected chi connectivity index (χ3v) is 4.80. The minimum atomic E-state index is -0.139. The zero-order valence-electron chi connectivity index (χ0n) is 14.1. The zero-order chi connectivity index (χ0) is 17.5. The molecular formula is C19H21N3OS. The van der Waals surface area contributed by atoms with Gasteiger partial charge in [-0.05, 0) is 37.3 Å². The van der Waals surface area contributed by atoms with Gasteiger partial charge in [-0.25, -0.2) is 0 Å². The van der Waals surface area contributed by atoms with Gasteiger partial charge in [-0.3, -0.25) is 4.79 Å². The second kappa shape index (κ2) is 8.42. The standard InChI is InChI=1S/C19H21N3OS/c1-14(12-20)13-24-18-10-5-4-9-17(18)21-19(23)15-7-6-8-16(11-15)22(2)3/h4-11,14H,13H2,1-3H3,(H,21,23). The number of amides is 1. The number of rotatable bonds is 6. The molecule has 1 amide bonds. The van der Waals surface area contributed by atoms with Gasteiger partial charge >= 0.3 is 0 Å². The minimum Gasteiger partial charge on any atom is -0.378 e. The third kappa shape index (κ3) is 4.77. The van der Waals surface area contributed by atoms with Crippen molar-refractivity contribution in [3.8, 4) is 6.07 Å². The molecule has 1 N–H and O–H groups in total. The summed E-state index contributed by atoms with van der Waals surface area (Å²) in [7, 11) is 3.89. The molecule has 2 rings (SSSR count). The molecule has 0 saturated carbocycles. The summed E-state index contributed by atoms with van der Waals surface area (Å²) in [4.78, 5) is 15.5. The largest absolute Gasteiger partial charge is 0.378 e. The van der Waals surface area contributed by atoms with Crippen molar-refractivity contribution in [2.45, 2.75) is 11.8 Å². The van der Waals surface area contributed by atoms with E-state index < -0.39 is 0 Å². The lowest BCUT2D eigenvalue weighted by Gasteiger charge is -2.14. The summed E-state index contributed by atoms with van der Waals surface area (Å²) in [6, 6.07) is 17.4. The second-order valence-electron chi connectivity index (χ2n) is 5.74. The number of nitriles is 1. The molecule has 124 valence electrons. The van der Waals surface area contributed by atoms with Crippen LogP contribution in [-0.4, -0.2) is 25.8 Å². The molecular weight excluding hydrogens is 318 g/mol. The van der Waals surface area contributed by atoms with Gasteiger partial charge in [0.25, 0.3) is 5.91 Å². The molecule has 0 saturated heterocycles. The molecule has 2 aromatic carbocycles. The van der Waals surface area contributed by atoms with Gasteiger partial charge in [0.2, 0.25) is 0 Å². The van der Waals surface area contributed by atoms with Gasteiger partial charge in [0.05, 0.1) is 17.7 Å². The van der Waals surface area contributed by atoms with E-state index in [9.17, 15) is 4.79 Å². The SMILES string of the molecule is CC(C#N)CSc1ccccc1NC(=O)c1cccc(N(C)C)c1. The maximum absolute atomic E-state index is 12.5. The molecule has 0 aliphatic heterocycles. The number of nitrogens with zero attached hydrogens (tertiary/aromatic N) is 2. The molecule has 5 heteroatoms. The number of hydrogen-bond acceptors (Lipinski definition) is 4. The van der Waals surface area contributed by atoms with Crippen LogP contribution >= 0.6 is 11.8 Å². The van der Waals surface area contributed by atoms with Gasteiger partial charge in [-0.15, -0.1) is 11.8 Å². The number of anilines is 2. The van der Waals surface area contributed by atoms with E-state index in [1.165, 1.54) is 0 Å². The van der Waals surface area contributed by atoms with Crippen molar-refractivity contribution in [2.75, 3.05) is 30.1 Å². The van der Waals surface area contributed by atoms with Crippen molar-refractivity contribution >= 4 is 29.0 Å². The van der Waals surface area contributed by atoms with Gasteiger partial charge in [-0.2, -0.15) is 5.26 Å². The summed E-state index contributed by atoms with van der Waals surface area (Å²) in [5.41, 5.74) is 2.37. The van der Waals surface area contributed by atoms with Crippen molar-refractivity contribution in [3.63, 3.8) is 0 Å². The smallest absolute Gasteiger partial charge is 0.255 e. The average molecular weight is 339 g/mol. The lowest BCUT2D eigenvalue weighted by Crippen LogP contribution is -2.14. The van der Waals surface area contributed by atoms with Gasteiger partial charge in [0.1, 0.15) is 0 Å². The Morgan fingerprint density at radius 1 is 1.25 bits per heavy atom. The number of carbonyl (C=O) groups is 1. The highest BCUT2D eigenvalue weighted by atomic mass is 32.2. The van der Waals surface area contributed by atoms with E-state index in [4.69, 9.17) is 5.26 Å². The molecule has 0 aromatic heterocycles. The first-order valence-corrected chi connectivity index (χ1v) is 8.70. The van der Waals surface area contributed by atoms with Crippen molar-refractivity contribution in [1.82, 2.24) is 0 Å². The van der Waals surface area contributed by atoms with Crippen LogP contribution in [0.3, 0.4) is 0 Å². The summed E-state index contributed by atoms with van der Waals surface area (Å²) in [6.45, 7) is 1.89. The van der Waals surface area contributed by atoms with Gasteiger partial charge in [-0.1, -0.05) is 18.2 Å². The average Bonchev–Trinajstić information content (AvgIpc) is 2.60. The van der Waals surface area contributed by atoms with E-state index in [-0.39, 0.29) is 11.8 Å². The molecule has 4 nitrogen and oxygen atoms in total. The normalized spacial score (nSPS) is 11.4. The summed E-state index contributed by atoms with van der Waals surface area (Å²) in [5.74, 6) is 0.523. The van der Waals surface area contributed by atoms with Gasteiger partial charge < -0.3 is 10.2 Å². The van der Waals surface area contributed by atoms with Crippen molar-refractivity contribution in [3.05, 3.63) is 54.1 Å². The fourth-order valence-corrected chi connectivity index (χ4v) is 3.02. The first-order chi connectivity index (χ1) is 11.5. The predicted molar refractivity (Wildman–Crippen MR) is 101 cm³/mol. The Kier molecular flexibility index (Phi) is 6.28. The summed E-state index contributed by atoms with van der Waals surface area (Å²) in [6.07, 6.45) is 0. The van der Waals surface area contributed by atoms with E-state index >= 15 is 0 Å². The van der Waals surface area contributed by atoms with Crippen molar-refractivity contribution < 1.29 is 4.79 Å². The third-order valence-electron chi connectivity index (χ3n) is 3.47. The Bertz CT molecular complexity index is 752. The molecule has 0 aliphatic carbocycles. The summed E-state index contributed by atoms with van der Waals surface area (Å²) < 4.78 is 0. The van der Waals surface area contributed by atoms with E-state index in [1.54, 1.807) is 17.8 Å². The second-order valence-corrected chi connectivity index (χ2v) is 6.80. The van der Waals surface area contributed by atoms with Crippen LogP contribution in [-0.2, 0) is 0 Å². The van der Waals surface area contributed by atoms with E-state index in [1.807, 2.05) is 68.4 Å². The molecule has 0 spiro atoms. The Balaban J connectivity index is 2.14. The molecule has 0 radical (unpaired) electrons. The Morgan fingerprint density at radius 2 is 2.00 bits per heavy atom. The zero-order valence-corrected chi connectivity index (χ0v) is 14.9. The van der Waals surface area contributed by atoms with Crippen LogP contribution < -0.4 is 10.2 Å². The van der Waals surface area contributed by atoms with Crippen LogP contribution in [0.5, 0.6) is 0 Å². The van der Waals surface area contributed by atoms with Crippen molar-refractivity contribution in [2.24, 2.45) is 5.92 Å². The first kappa shape index (κ1) is 17.9. The maximum Gasteiger partial charge on any atom is 0.255 e. The van der Waals surface area contributed by atoms with E-state index in [0.29, 0.717) is 11.3 Å². The van der Waals surface area contributed by atoms with Crippen LogP contribution in [0, 0.1) is 17.2 Å². The van der Waals surface area contributed by atoms with E-state index in [0.717, 1.165) is 16.3 Å². The summed E-state index contributed by atoms with van der Waals surface area (Å²) >= 11 is 1.58. The molecule has 0 bridgehead atoms. The molecule has 0 heterocycles. The molecule has 2 aromatic rings. The first-order valence-electron chi connectivity index (χ1n) is 7.71. The number of hydrogen-bond donors (Lipinski definition) is 1. The predicted octanol–water partition coefficient (Wildman–Crippen LogP) is 4.26. The fraction of sp³-hybridized carbons (Fsp3) is 0.263. The highest BCUT2D eigenvalue weighted by Crippen LogP contribution is 2.29. The Labute approximate surface area is 147 Å². The van der Waals surface area contributed by atoms with Crippen LogP contribution in [0.1, 0.15) is 17.3 Å². The minimum absolute atomic E-state index is 0.0319. The quantitative estimate of drug-likeness (QED) is 0.799. The monoisotopic (exact) mass is 339 g/mol. The topological polar surface area (TPSA) is 56.1 Å². The fourth-order valence-electron chi connectivity index (χ4n) is 2.07. The van der Waals surface area contributed by atoms with Crippen LogP contribution in [0.2, 0.25) is 0 Å². The highest BCUT2D eigenvalue weighted by Gasteiger charge is 2.11. The Morgan fingerprint density at radius 3 is 2.71 bits per heavy atom. The number of benzene rings is 2. The van der Waals surface area contributed by atoms with Crippen LogP contribution in [0.15, 0.2) is 53.4 Å². The molecule has 1 atom stereocenters. The van der Waals surface area contributed by atoms with E-state index in [2.05, 4.69) is 11.4 Å². The molecule has 0 fully saturated rings. The van der Waals surface area contributed by atoms with Crippen molar-refractivity contribution in [1.29, 1.82) is 5.26 Å². The van der Waals surface area contributed by atoms with Gasteiger partial charge in [0.15, 0.2) is 0 Å². The van der Waals surface area contributed by atoms with Gasteiger partial charge in [0, 0.05) is 36.0 Å². The maximum atomic E-state index is 12.5. The number of para-hydroxylation sites is 1. The summed E-state index contributed by atoms with van der Waals surface area (Å²) in [5, 5.41) is 11.9. The number of carbonyl (C=O) groups excluding carboxylic acids is 1.